The first-order valence-corrected chi connectivity index (χ1v) is 7.31. The van der Waals surface area contributed by atoms with Crippen molar-refractivity contribution in [3.8, 4) is 11.5 Å². The molecule has 1 atom stereocenters. The first-order valence-electron chi connectivity index (χ1n) is 7.31. The Hall–Kier alpha value is -1.55. The quantitative estimate of drug-likeness (QED) is 0.718. The second-order valence-corrected chi connectivity index (χ2v) is 5.16. The smallest absolute Gasteiger partial charge is 0.231 e. The Morgan fingerprint density at radius 1 is 1.30 bits per heavy atom. The Balaban J connectivity index is 2.18. The molecule has 1 aromatic rings. The Labute approximate surface area is 120 Å². The molecule has 2 rings (SSSR count). The summed E-state index contributed by atoms with van der Waals surface area (Å²) in [6.45, 7) is 5.33. The molecule has 0 aliphatic carbocycles. The van der Waals surface area contributed by atoms with Crippen LogP contribution in [0.25, 0.3) is 0 Å². The molecule has 1 heterocycles. The molecule has 1 unspecified atom stereocenters. The molecule has 4 heteroatoms. The average Bonchev–Trinajstić information content (AvgIpc) is 2.94. The number of hydrogen-bond acceptors (Lipinski definition) is 4. The van der Waals surface area contributed by atoms with E-state index in [1.165, 1.54) is 0 Å². The molecule has 0 N–H and O–H groups in total. The normalized spacial score (nSPS) is 14.6. The van der Waals surface area contributed by atoms with Crippen molar-refractivity contribution < 1.29 is 14.3 Å². The molecule has 0 saturated carbocycles. The van der Waals surface area contributed by atoms with Crippen molar-refractivity contribution in [3.63, 3.8) is 0 Å². The van der Waals surface area contributed by atoms with Crippen molar-refractivity contribution in [2.75, 3.05) is 20.4 Å². The molecular formula is C16H23NO3. The van der Waals surface area contributed by atoms with Crippen LogP contribution in [0.2, 0.25) is 0 Å². The van der Waals surface area contributed by atoms with Gasteiger partial charge >= 0.3 is 0 Å². The molecule has 0 radical (unpaired) electrons. The summed E-state index contributed by atoms with van der Waals surface area (Å²) in [6.07, 6.45) is 3.06. The van der Waals surface area contributed by atoms with Crippen LogP contribution in [0.15, 0.2) is 18.2 Å². The van der Waals surface area contributed by atoms with E-state index >= 15 is 0 Å². The molecule has 1 aromatic carbocycles. The summed E-state index contributed by atoms with van der Waals surface area (Å²) in [5.74, 6) is 1.56. The number of rotatable bonds is 7. The zero-order valence-electron chi connectivity index (χ0n) is 12.5. The van der Waals surface area contributed by atoms with Gasteiger partial charge in [-0.05, 0) is 38.2 Å². The lowest BCUT2D eigenvalue weighted by atomic mass is 9.98. The van der Waals surface area contributed by atoms with Crippen molar-refractivity contribution in [1.29, 1.82) is 0 Å². The molecule has 0 aromatic heterocycles. The summed E-state index contributed by atoms with van der Waals surface area (Å²) in [7, 11) is 2.01. The Morgan fingerprint density at radius 2 is 2.05 bits per heavy atom. The molecule has 0 spiro atoms. The topological polar surface area (TPSA) is 38.8 Å². The lowest BCUT2D eigenvalue weighted by Gasteiger charge is -2.25. The maximum Gasteiger partial charge on any atom is 0.231 e. The van der Waals surface area contributed by atoms with Gasteiger partial charge in [0.2, 0.25) is 6.79 Å². The number of benzene rings is 1. The summed E-state index contributed by atoms with van der Waals surface area (Å²) >= 11 is 0. The maximum absolute atomic E-state index is 12.7. The summed E-state index contributed by atoms with van der Waals surface area (Å²) in [6, 6.07) is 5.39. The van der Waals surface area contributed by atoms with Gasteiger partial charge in [-0.2, -0.15) is 0 Å². The van der Waals surface area contributed by atoms with E-state index in [1.807, 2.05) is 19.2 Å². The molecule has 0 bridgehead atoms. The predicted molar refractivity (Wildman–Crippen MR) is 78.5 cm³/mol. The number of ketones is 1. The zero-order chi connectivity index (χ0) is 14.5. The van der Waals surface area contributed by atoms with Gasteiger partial charge in [-0.15, -0.1) is 0 Å². The van der Waals surface area contributed by atoms with Crippen molar-refractivity contribution in [3.05, 3.63) is 23.8 Å². The molecule has 0 saturated heterocycles. The molecule has 110 valence electrons. The van der Waals surface area contributed by atoms with Gasteiger partial charge < -0.3 is 9.47 Å². The van der Waals surface area contributed by atoms with Crippen LogP contribution in [0, 0.1) is 0 Å². The number of Topliss-reactive ketones (excluding diaryl/α,β-unsaturated/α-hetero) is 1. The van der Waals surface area contributed by atoms with Gasteiger partial charge in [0.15, 0.2) is 17.3 Å². The fourth-order valence-corrected chi connectivity index (χ4v) is 2.41. The van der Waals surface area contributed by atoms with Gasteiger partial charge in [-0.1, -0.05) is 26.7 Å². The first-order chi connectivity index (χ1) is 9.67. The summed E-state index contributed by atoms with van der Waals surface area (Å²) in [5.41, 5.74) is 0.704. The van der Waals surface area contributed by atoms with E-state index in [1.54, 1.807) is 6.07 Å². The van der Waals surface area contributed by atoms with Gasteiger partial charge in [0.1, 0.15) is 0 Å². The SMILES string of the molecule is CCCCC(C(=O)c1ccc2c(c1)OCO2)N(C)CC. The maximum atomic E-state index is 12.7. The van der Waals surface area contributed by atoms with E-state index in [4.69, 9.17) is 9.47 Å². The third-order valence-corrected chi connectivity index (χ3v) is 3.82. The number of carbonyl (C=O) groups excluding carboxylic acids is 1. The van der Waals surface area contributed by atoms with Crippen molar-refractivity contribution in [2.24, 2.45) is 0 Å². The number of hydrogen-bond donors (Lipinski definition) is 0. The average molecular weight is 277 g/mol. The predicted octanol–water partition coefficient (Wildman–Crippen LogP) is 3.11. The van der Waals surface area contributed by atoms with Crippen LogP contribution in [-0.2, 0) is 0 Å². The number of nitrogens with zero attached hydrogens (tertiary/aromatic N) is 1. The number of unbranched alkanes of at least 4 members (excludes halogenated alkanes) is 1. The minimum absolute atomic E-state index is 0.0553. The fraction of sp³-hybridized carbons (Fsp3) is 0.562. The monoisotopic (exact) mass is 277 g/mol. The van der Waals surface area contributed by atoms with Crippen molar-refractivity contribution in [2.45, 2.75) is 39.2 Å². The van der Waals surface area contributed by atoms with Crippen LogP contribution in [0.4, 0.5) is 0 Å². The molecule has 4 nitrogen and oxygen atoms in total. The minimum atomic E-state index is -0.0553. The van der Waals surface area contributed by atoms with Gasteiger partial charge in [-0.3, -0.25) is 9.69 Å². The van der Waals surface area contributed by atoms with Gasteiger partial charge in [0, 0.05) is 5.56 Å². The third kappa shape index (κ3) is 3.12. The van der Waals surface area contributed by atoms with Crippen molar-refractivity contribution in [1.82, 2.24) is 4.90 Å². The molecule has 0 amide bonds. The molecule has 1 aliphatic rings. The standard InChI is InChI=1S/C16H23NO3/c1-4-6-7-13(17(3)5-2)16(18)12-8-9-14-15(10-12)20-11-19-14/h8-10,13H,4-7,11H2,1-3H3. The number of likely N-dealkylation sites (N-methyl/N-ethyl adjacent to an activating group) is 1. The number of fused-ring (bicyclic) bond motifs is 1. The molecular weight excluding hydrogens is 254 g/mol. The lowest BCUT2D eigenvalue weighted by molar-refractivity contribution is 0.0843. The van der Waals surface area contributed by atoms with Gasteiger partial charge in [0.25, 0.3) is 0 Å². The second kappa shape index (κ2) is 6.75. The van der Waals surface area contributed by atoms with E-state index in [9.17, 15) is 4.79 Å². The van der Waals surface area contributed by atoms with Crippen LogP contribution >= 0.6 is 0 Å². The zero-order valence-corrected chi connectivity index (χ0v) is 12.5. The van der Waals surface area contributed by atoms with E-state index in [-0.39, 0.29) is 18.6 Å². The summed E-state index contributed by atoms with van der Waals surface area (Å²) < 4.78 is 10.6. The molecule has 1 aliphatic heterocycles. The summed E-state index contributed by atoms with van der Waals surface area (Å²) in [5, 5.41) is 0. The van der Waals surface area contributed by atoms with Crippen molar-refractivity contribution >= 4 is 5.78 Å². The lowest BCUT2D eigenvalue weighted by Crippen LogP contribution is -2.38. The summed E-state index contributed by atoms with van der Waals surface area (Å²) in [4.78, 5) is 14.8. The highest BCUT2D eigenvalue weighted by molar-refractivity contribution is 6.00. The Kier molecular flexibility index (Phi) is 5.01. The second-order valence-electron chi connectivity index (χ2n) is 5.16. The van der Waals surface area contributed by atoms with E-state index in [2.05, 4.69) is 18.7 Å². The number of ether oxygens (including phenoxy) is 2. The highest BCUT2D eigenvalue weighted by Crippen LogP contribution is 2.33. The Bertz CT molecular complexity index is 473. The highest BCUT2D eigenvalue weighted by Gasteiger charge is 2.24. The Morgan fingerprint density at radius 3 is 2.75 bits per heavy atom. The van der Waals surface area contributed by atoms with E-state index in [0.29, 0.717) is 11.3 Å². The largest absolute Gasteiger partial charge is 0.454 e. The molecule has 0 fully saturated rings. The number of carbonyl (C=O) groups is 1. The third-order valence-electron chi connectivity index (χ3n) is 3.82. The minimum Gasteiger partial charge on any atom is -0.454 e. The van der Waals surface area contributed by atoms with E-state index < -0.39 is 0 Å². The van der Waals surface area contributed by atoms with Crippen LogP contribution in [0.3, 0.4) is 0 Å². The van der Waals surface area contributed by atoms with Gasteiger partial charge in [-0.25, -0.2) is 0 Å². The van der Waals surface area contributed by atoms with Crippen LogP contribution in [0.5, 0.6) is 11.5 Å². The van der Waals surface area contributed by atoms with Gasteiger partial charge in [0.05, 0.1) is 6.04 Å². The fourth-order valence-electron chi connectivity index (χ4n) is 2.41. The first kappa shape index (κ1) is 14.9. The van der Waals surface area contributed by atoms with Crippen LogP contribution in [0.1, 0.15) is 43.5 Å². The molecule has 20 heavy (non-hydrogen) atoms. The highest BCUT2D eigenvalue weighted by atomic mass is 16.7. The van der Waals surface area contributed by atoms with Crippen LogP contribution < -0.4 is 9.47 Å². The van der Waals surface area contributed by atoms with E-state index in [0.717, 1.165) is 31.6 Å². The van der Waals surface area contributed by atoms with Crippen LogP contribution in [-0.4, -0.2) is 37.1 Å².